The van der Waals surface area contributed by atoms with E-state index in [1.165, 1.54) is 12.1 Å². The lowest BCUT2D eigenvalue weighted by Gasteiger charge is -2.38. The fourth-order valence-electron chi connectivity index (χ4n) is 2.75. The van der Waals surface area contributed by atoms with Crippen molar-refractivity contribution >= 4 is 21.6 Å². The summed E-state index contributed by atoms with van der Waals surface area (Å²) in [6.45, 7) is 6.47. The van der Waals surface area contributed by atoms with Crippen molar-refractivity contribution in [3.05, 3.63) is 28.2 Å². The molecule has 1 fully saturated rings. The van der Waals surface area contributed by atoms with E-state index in [1.807, 2.05) is 4.90 Å². The lowest BCUT2D eigenvalue weighted by molar-refractivity contribution is 0.323. The van der Waals surface area contributed by atoms with Crippen LogP contribution in [0.4, 0.5) is 14.5 Å². The van der Waals surface area contributed by atoms with Crippen molar-refractivity contribution in [2.45, 2.75) is 26.3 Å². The summed E-state index contributed by atoms with van der Waals surface area (Å²) in [7, 11) is 0. The lowest BCUT2D eigenvalue weighted by atomic mass is 9.93. The number of benzene rings is 1. The van der Waals surface area contributed by atoms with Crippen molar-refractivity contribution < 1.29 is 8.78 Å². The summed E-state index contributed by atoms with van der Waals surface area (Å²) < 4.78 is 28.3. The molecule has 106 valence electrons. The van der Waals surface area contributed by atoms with E-state index in [9.17, 15) is 8.78 Å². The first-order chi connectivity index (χ1) is 9.02. The van der Waals surface area contributed by atoms with Crippen molar-refractivity contribution in [2.24, 2.45) is 5.92 Å². The summed E-state index contributed by atoms with van der Waals surface area (Å²) in [5.41, 5.74) is 0.102. The van der Waals surface area contributed by atoms with Crippen LogP contribution in [0.25, 0.3) is 0 Å². The maximum Gasteiger partial charge on any atom is 0.150 e. The molecule has 19 heavy (non-hydrogen) atoms. The van der Waals surface area contributed by atoms with Crippen LogP contribution in [0.5, 0.6) is 0 Å². The van der Waals surface area contributed by atoms with Gasteiger partial charge < -0.3 is 10.2 Å². The van der Waals surface area contributed by atoms with Gasteiger partial charge in [-0.05, 0) is 31.0 Å². The van der Waals surface area contributed by atoms with E-state index >= 15 is 0 Å². The van der Waals surface area contributed by atoms with Gasteiger partial charge in [0, 0.05) is 23.6 Å². The van der Waals surface area contributed by atoms with Crippen molar-refractivity contribution in [1.29, 1.82) is 0 Å². The van der Waals surface area contributed by atoms with Gasteiger partial charge in [-0.15, -0.1) is 0 Å². The zero-order valence-electron chi connectivity index (χ0n) is 11.2. The minimum absolute atomic E-state index is 0.102. The normalized spacial score (nSPS) is 23.7. The van der Waals surface area contributed by atoms with E-state index in [1.54, 1.807) is 0 Å². The van der Waals surface area contributed by atoms with Gasteiger partial charge in [-0.1, -0.05) is 29.8 Å². The molecular formula is C14H19BrF2N2. The third-order valence-electron chi connectivity index (χ3n) is 3.67. The highest BCUT2D eigenvalue weighted by atomic mass is 79.9. The number of piperidine rings is 1. The van der Waals surface area contributed by atoms with Gasteiger partial charge in [0.25, 0.3) is 0 Å². The third-order valence-corrected chi connectivity index (χ3v) is 4.13. The number of hydrogen-bond donors (Lipinski definition) is 1. The van der Waals surface area contributed by atoms with Crippen molar-refractivity contribution in [2.75, 3.05) is 24.5 Å². The lowest BCUT2D eigenvalue weighted by Crippen LogP contribution is -2.48. The van der Waals surface area contributed by atoms with E-state index in [0.29, 0.717) is 29.5 Å². The topological polar surface area (TPSA) is 15.3 Å². The van der Waals surface area contributed by atoms with Crippen LogP contribution in [-0.2, 0) is 0 Å². The van der Waals surface area contributed by atoms with Gasteiger partial charge in [0.2, 0.25) is 0 Å². The first kappa shape index (κ1) is 14.7. The highest BCUT2D eigenvalue weighted by molar-refractivity contribution is 9.10. The van der Waals surface area contributed by atoms with Crippen LogP contribution in [0.2, 0.25) is 0 Å². The summed E-state index contributed by atoms with van der Waals surface area (Å²) in [5.74, 6) is -0.627. The minimum Gasteiger partial charge on any atom is -0.366 e. The van der Waals surface area contributed by atoms with E-state index in [4.69, 9.17) is 0 Å². The maximum absolute atomic E-state index is 13.9. The number of rotatable bonds is 3. The largest absolute Gasteiger partial charge is 0.366 e. The molecule has 1 heterocycles. The number of halogens is 3. The van der Waals surface area contributed by atoms with Gasteiger partial charge >= 0.3 is 0 Å². The molecule has 2 unspecified atom stereocenters. The quantitative estimate of drug-likeness (QED) is 0.910. The Labute approximate surface area is 121 Å². The fourth-order valence-corrected chi connectivity index (χ4v) is 3.15. The van der Waals surface area contributed by atoms with E-state index in [-0.39, 0.29) is 5.69 Å². The van der Waals surface area contributed by atoms with Crippen LogP contribution < -0.4 is 10.2 Å². The summed E-state index contributed by atoms with van der Waals surface area (Å²) in [6, 6.07) is 3.07. The van der Waals surface area contributed by atoms with Crippen LogP contribution >= 0.6 is 15.9 Å². The Bertz CT molecular complexity index is 430. The Morgan fingerprint density at radius 1 is 1.37 bits per heavy atom. The molecule has 1 saturated heterocycles. The molecule has 0 aromatic heterocycles. The van der Waals surface area contributed by atoms with Crippen LogP contribution in [-0.4, -0.2) is 25.7 Å². The molecule has 5 heteroatoms. The molecular weight excluding hydrogens is 314 g/mol. The first-order valence-corrected chi connectivity index (χ1v) is 7.45. The first-order valence-electron chi connectivity index (χ1n) is 6.65. The Morgan fingerprint density at radius 2 is 2.00 bits per heavy atom. The molecule has 0 spiro atoms. The molecule has 0 saturated carbocycles. The predicted octanol–water partition coefficient (Wildman–Crippen LogP) is 3.55. The van der Waals surface area contributed by atoms with Gasteiger partial charge in [0.05, 0.1) is 0 Å². The van der Waals surface area contributed by atoms with Crippen molar-refractivity contribution in [3.63, 3.8) is 0 Å². The molecule has 0 aliphatic carbocycles. The number of anilines is 1. The van der Waals surface area contributed by atoms with E-state index in [2.05, 4.69) is 35.1 Å². The zero-order chi connectivity index (χ0) is 14.0. The van der Waals surface area contributed by atoms with Crippen LogP contribution in [0.1, 0.15) is 20.3 Å². The molecule has 0 amide bonds. The molecule has 1 aliphatic heterocycles. The Morgan fingerprint density at radius 3 is 2.53 bits per heavy atom. The molecule has 1 aliphatic rings. The maximum atomic E-state index is 13.9. The molecule has 1 N–H and O–H groups in total. The molecule has 1 aromatic rings. The molecule has 2 rings (SSSR count). The molecule has 0 bridgehead atoms. The summed E-state index contributed by atoms with van der Waals surface area (Å²) in [4.78, 5) is 1.82. The highest BCUT2D eigenvalue weighted by Crippen LogP contribution is 2.30. The molecule has 2 atom stereocenters. The average Bonchev–Trinajstić information content (AvgIpc) is 2.31. The second kappa shape index (κ2) is 6.18. The second-order valence-electron chi connectivity index (χ2n) is 5.09. The zero-order valence-corrected chi connectivity index (χ0v) is 12.8. The van der Waals surface area contributed by atoms with Gasteiger partial charge in [0.1, 0.15) is 5.69 Å². The third kappa shape index (κ3) is 3.26. The standard InChI is InChI=1S/C14H19BrF2N2/c1-3-18-13-4-5-19(8-9(13)2)14-11(16)6-10(15)7-12(14)17/h6-7,9,13,18H,3-5,8H2,1-2H3. The smallest absolute Gasteiger partial charge is 0.150 e. The molecule has 1 aromatic carbocycles. The van der Waals surface area contributed by atoms with Crippen LogP contribution in [0.3, 0.4) is 0 Å². The summed E-state index contributed by atoms with van der Waals surface area (Å²) in [5, 5.41) is 3.42. The van der Waals surface area contributed by atoms with Gasteiger partial charge in [0.15, 0.2) is 11.6 Å². The minimum atomic E-state index is -0.499. The fraction of sp³-hybridized carbons (Fsp3) is 0.571. The monoisotopic (exact) mass is 332 g/mol. The van der Waals surface area contributed by atoms with E-state index in [0.717, 1.165) is 13.0 Å². The van der Waals surface area contributed by atoms with Crippen molar-refractivity contribution in [1.82, 2.24) is 5.32 Å². The number of hydrogen-bond acceptors (Lipinski definition) is 2. The Hall–Kier alpha value is -0.680. The SMILES string of the molecule is CCNC1CCN(c2c(F)cc(Br)cc2F)CC1C. The predicted molar refractivity (Wildman–Crippen MR) is 77.5 cm³/mol. The van der Waals surface area contributed by atoms with Gasteiger partial charge in [-0.25, -0.2) is 8.78 Å². The van der Waals surface area contributed by atoms with Gasteiger partial charge in [-0.3, -0.25) is 0 Å². The average molecular weight is 333 g/mol. The number of nitrogens with zero attached hydrogens (tertiary/aromatic N) is 1. The van der Waals surface area contributed by atoms with E-state index < -0.39 is 11.6 Å². The number of nitrogens with one attached hydrogen (secondary N) is 1. The Kier molecular flexibility index (Phi) is 4.79. The highest BCUT2D eigenvalue weighted by Gasteiger charge is 2.28. The summed E-state index contributed by atoms with van der Waals surface area (Å²) >= 11 is 3.10. The summed E-state index contributed by atoms with van der Waals surface area (Å²) in [6.07, 6.45) is 0.907. The van der Waals surface area contributed by atoms with Crippen LogP contribution in [0, 0.1) is 17.6 Å². The molecule has 2 nitrogen and oxygen atoms in total. The molecule has 0 radical (unpaired) electrons. The van der Waals surface area contributed by atoms with Crippen molar-refractivity contribution in [3.8, 4) is 0 Å². The van der Waals surface area contributed by atoms with Gasteiger partial charge in [-0.2, -0.15) is 0 Å². The van der Waals surface area contributed by atoms with Crippen LogP contribution in [0.15, 0.2) is 16.6 Å². The Balaban J connectivity index is 2.17. The second-order valence-corrected chi connectivity index (χ2v) is 6.01.